The predicted octanol–water partition coefficient (Wildman–Crippen LogP) is 1.85. The van der Waals surface area contributed by atoms with Gasteiger partial charge in [0.25, 0.3) is 0 Å². The molecule has 0 saturated heterocycles. The summed E-state index contributed by atoms with van der Waals surface area (Å²) in [7, 11) is 0. The van der Waals surface area contributed by atoms with Crippen molar-refractivity contribution in [2.45, 2.75) is 19.8 Å². The Morgan fingerprint density at radius 1 is 1.59 bits per heavy atom. The van der Waals surface area contributed by atoms with Gasteiger partial charge in [-0.05, 0) is 31.5 Å². The standard InChI is InChI=1S/C14H18N2O/c1-4-9-16(5-2)14(17)11(3)12-7-6-8-13(15)10-12/h1,6-8,10-11H,5,9,15H2,2-3H3. The SMILES string of the molecule is C#CCN(CC)C(=O)C(C)c1cccc(N)c1. The Balaban J connectivity index is 2.86. The first-order valence-electron chi connectivity index (χ1n) is 5.67. The first-order valence-corrected chi connectivity index (χ1v) is 5.67. The molecule has 0 aliphatic carbocycles. The van der Waals surface area contributed by atoms with E-state index >= 15 is 0 Å². The van der Waals surface area contributed by atoms with Crippen LogP contribution < -0.4 is 5.73 Å². The summed E-state index contributed by atoms with van der Waals surface area (Å²) < 4.78 is 0. The zero-order valence-electron chi connectivity index (χ0n) is 10.3. The third-order valence-electron chi connectivity index (χ3n) is 2.76. The summed E-state index contributed by atoms with van der Waals surface area (Å²) in [4.78, 5) is 13.8. The fourth-order valence-electron chi connectivity index (χ4n) is 1.70. The van der Waals surface area contributed by atoms with Crippen LogP contribution in [0.15, 0.2) is 24.3 Å². The number of hydrogen-bond acceptors (Lipinski definition) is 2. The quantitative estimate of drug-likeness (QED) is 0.634. The molecule has 17 heavy (non-hydrogen) atoms. The van der Waals surface area contributed by atoms with Crippen molar-refractivity contribution in [1.82, 2.24) is 4.90 Å². The van der Waals surface area contributed by atoms with Crippen molar-refractivity contribution in [2.24, 2.45) is 0 Å². The number of benzene rings is 1. The molecule has 0 aromatic heterocycles. The topological polar surface area (TPSA) is 46.3 Å². The average Bonchev–Trinajstić information content (AvgIpc) is 2.34. The number of amides is 1. The van der Waals surface area contributed by atoms with E-state index in [2.05, 4.69) is 5.92 Å². The number of rotatable bonds is 4. The summed E-state index contributed by atoms with van der Waals surface area (Å²) in [6, 6.07) is 7.39. The fraction of sp³-hybridized carbons (Fsp3) is 0.357. The molecule has 1 unspecified atom stereocenters. The van der Waals surface area contributed by atoms with Gasteiger partial charge in [-0.15, -0.1) is 6.42 Å². The molecule has 3 heteroatoms. The van der Waals surface area contributed by atoms with Crippen molar-refractivity contribution in [3.63, 3.8) is 0 Å². The maximum atomic E-state index is 12.2. The van der Waals surface area contributed by atoms with Crippen molar-refractivity contribution in [1.29, 1.82) is 0 Å². The van der Waals surface area contributed by atoms with Crippen LogP contribution in [0.25, 0.3) is 0 Å². The number of likely N-dealkylation sites (N-methyl/N-ethyl adjacent to an activating group) is 1. The highest BCUT2D eigenvalue weighted by molar-refractivity contribution is 5.83. The second-order valence-electron chi connectivity index (χ2n) is 3.95. The minimum absolute atomic E-state index is 0.0380. The number of nitrogen functional groups attached to an aromatic ring is 1. The van der Waals surface area contributed by atoms with E-state index in [1.54, 1.807) is 11.0 Å². The van der Waals surface area contributed by atoms with E-state index in [9.17, 15) is 4.79 Å². The molecule has 3 nitrogen and oxygen atoms in total. The van der Waals surface area contributed by atoms with E-state index in [1.165, 1.54) is 0 Å². The Morgan fingerprint density at radius 3 is 2.82 bits per heavy atom. The molecule has 0 saturated carbocycles. The molecule has 0 aliphatic rings. The lowest BCUT2D eigenvalue weighted by Gasteiger charge is -2.22. The molecule has 1 rings (SSSR count). The molecule has 0 aliphatic heterocycles. The van der Waals surface area contributed by atoms with Gasteiger partial charge in [0.2, 0.25) is 5.91 Å². The molecule has 0 heterocycles. The van der Waals surface area contributed by atoms with Crippen LogP contribution in [0.5, 0.6) is 0 Å². The van der Waals surface area contributed by atoms with Crippen LogP contribution >= 0.6 is 0 Å². The van der Waals surface area contributed by atoms with Gasteiger partial charge in [-0.2, -0.15) is 0 Å². The zero-order valence-corrected chi connectivity index (χ0v) is 10.3. The molecule has 1 aromatic rings. The number of nitrogens with two attached hydrogens (primary N) is 1. The number of terminal acetylenes is 1. The van der Waals surface area contributed by atoms with Crippen molar-refractivity contribution in [3.05, 3.63) is 29.8 Å². The third-order valence-corrected chi connectivity index (χ3v) is 2.76. The van der Waals surface area contributed by atoms with E-state index in [-0.39, 0.29) is 11.8 Å². The molecule has 2 N–H and O–H groups in total. The minimum Gasteiger partial charge on any atom is -0.399 e. The first kappa shape index (κ1) is 13.1. The molecule has 1 aromatic carbocycles. The van der Waals surface area contributed by atoms with Gasteiger partial charge >= 0.3 is 0 Å². The highest BCUT2D eigenvalue weighted by Gasteiger charge is 2.20. The van der Waals surface area contributed by atoms with Gasteiger partial charge in [-0.3, -0.25) is 4.79 Å². The molecule has 1 amide bonds. The minimum atomic E-state index is -0.216. The highest BCUT2D eigenvalue weighted by atomic mass is 16.2. The van der Waals surface area contributed by atoms with Crippen LogP contribution in [0.2, 0.25) is 0 Å². The normalized spacial score (nSPS) is 11.6. The number of nitrogens with zero attached hydrogens (tertiary/aromatic N) is 1. The van der Waals surface area contributed by atoms with Crippen LogP contribution in [0, 0.1) is 12.3 Å². The van der Waals surface area contributed by atoms with Crippen LogP contribution in [-0.2, 0) is 4.79 Å². The molecule has 0 bridgehead atoms. The molecule has 1 atom stereocenters. The van der Waals surface area contributed by atoms with E-state index in [0.29, 0.717) is 18.8 Å². The van der Waals surface area contributed by atoms with Crippen LogP contribution in [0.4, 0.5) is 5.69 Å². The Morgan fingerprint density at radius 2 is 2.29 bits per heavy atom. The largest absolute Gasteiger partial charge is 0.399 e. The Hall–Kier alpha value is -1.95. The van der Waals surface area contributed by atoms with Crippen LogP contribution in [-0.4, -0.2) is 23.9 Å². The maximum Gasteiger partial charge on any atom is 0.230 e. The number of anilines is 1. The van der Waals surface area contributed by atoms with Gasteiger partial charge < -0.3 is 10.6 Å². The second-order valence-corrected chi connectivity index (χ2v) is 3.95. The summed E-state index contributed by atoms with van der Waals surface area (Å²) in [5, 5.41) is 0. The van der Waals surface area contributed by atoms with Crippen LogP contribution in [0.3, 0.4) is 0 Å². The predicted molar refractivity (Wildman–Crippen MR) is 70.4 cm³/mol. The average molecular weight is 230 g/mol. The van der Waals surface area contributed by atoms with Gasteiger partial charge in [0, 0.05) is 12.2 Å². The van der Waals surface area contributed by atoms with Crippen LogP contribution in [0.1, 0.15) is 25.3 Å². The summed E-state index contributed by atoms with van der Waals surface area (Å²) in [5.41, 5.74) is 7.30. The van der Waals surface area contributed by atoms with Gasteiger partial charge in [-0.25, -0.2) is 0 Å². The lowest BCUT2D eigenvalue weighted by atomic mass is 9.99. The lowest BCUT2D eigenvalue weighted by molar-refractivity contribution is -0.131. The van der Waals surface area contributed by atoms with E-state index in [4.69, 9.17) is 12.2 Å². The van der Waals surface area contributed by atoms with Crippen molar-refractivity contribution in [3.8, 4) is 12.3 Å². The van der Waals surface area contributed by atoms with Gasteiger partial charge in [-0.1, -0.05) is 18.1 Å². The third kappa shape index (κ3) is 3.25. The Kier molecular flexibility index (Phi) is 4.59. The molecule has 0 radical (unpaired) electrons. The summed E-state index contributed by atoms with van der Waals surface area (Å²) in [5.74, 6) is 2.32. The summed E-state index contributed by atoms with van der Waals surface area (Å²) >= 11 is 0. The number of carbonyl (C=O) groups excluding carboxylic acids is 1. The van der Waals surface area contributed by atoms with Crippen molar-refractivity contribution < 1.29 is 4.79 Å². The van der Waals surface area contributed by atoms with Gasteiger partial charge in [0.05, 0.1) is 12.5 Å². The van der Waals surface area contributed by atoms with E-state index in [0.717, 1.165) is 5.56 Å². The highest BCUT2D eigenvalue weighted by Crippen LogP contribution is 2.19. The Labute approximate surface area is 103 Å². The lowest BCUT2D eigenvalue weighted by Crippen LogP contribution is -2.34. The summed E-state index contributed by atoms with van der Waals surface area (Å²) in [6.07, 6.45) is 5.24. The number of carbonyl (C=O) groups is 1. The molecule has 0 spiro atoms. The van der Waals surface area contributed by atoms with Crippen molar-refractivity contribution in [2.75, 3.05) is 18.8 Å². The van der Waals surface area contributed by atoms with Gasteiger partial charge in [0.15, 0.2) is 0 Å². The molecule has 90 valence electrons. The monoisotopic (exact) mass is 230 g/mol. The smallest absolute Gasteiger partial charge is 0.230 e. The number of hydrogen-bond donors (Lipinski definition) is 1. The maximum absolute atomic E-state index is 12.2. The van der Waals surface area contributed by atoms with E-state index in [1.807, 2.05) is 32.0 Å². The fourth-order valence-corrected chi connectivity index (χ4v) is 1.70. The molecule has 0 fully saturated rings. The first-order chi connectivity index (χ1) is 8.10. The molecular weight excluding hydrogens is 212 g/mol. The second kappa shape index (κ2) is 5.95. The van der Waals surface area contributed by atoms with Crippen molar-refractivity contribution >= 4 is 11.6 Å². The Bertz CT molecular complexity index is 434. The summed E-state index contributed by atoms with van der Waals surface area (Å²) in [6.45, 7) is 4.76. The van der Waals surface area contributed by atoms with Gasteiger partial charge in [0.1, 0.15) is 0 Å². The molecular formula is C14H18N2O. The van der Waals surface area contributed by atoms with E-state index < -0.39 is 0 Å². The zero-order chi connectivity index (χ0) is 12.8.